The van der Waals surface area contributed by atoms with Gasteiger partial charge in [-0.1, -0.05) is 31.2 Å². The Morgan fingerprint density at radius 1 is 1.00 bits per heavy atom. The fraction of sp³-hybridized carbons (Fsp3) is 0.562. The Balaban J connectivity index is 0.977. The number of allylic oxidation sites excluding steroid dienone is 4. The summed E-state index contributed by atoms with van der Waals surface area (Å²) in [6.07, 6.45) is -13.7. The highest BCUT2D eigenvalue weighted by Crippen LogP contribution is 2.72. The highest BCUT2D eigenvalue weighted by atomic mass is 19.1. The minimum absolute atomic E-state index is 0.00467. The number of anilines is 1. The lowest BCUT2D eigenvalue weighted by molar-refractivity contribution is -0.271. The largest absolute Gasteiger partial charge is 0.479 e. The highest BCUT2D eigenvalue weighted by molar-refractivity contribution is 6.01. The van der Waals surface area contributed by atoms with Crippen LogP contribution in [0.5, 0.6) is 5.75 Å². The molecule has 8 N–H and O–H groups in total. The van der Waals surface area contributed by atoms with E-state index in [1.54, 1.807) is 19.9 Å². The number of hydrogen-bond donors (Lipinski definition) is 7. The number of fused-ring (bicyclic) bond motifs is 7. The number of Topliss-reactive ketones (excluding diaryl/α,β-unsaturated/α-hetero) is 1. The van der Waals surface area contributed by atoms with Gasteiger partial charge in [-0.2, -0.15) is 0 Å². The number of aliphatic carboxylic acids is 1. The van der Waals surface area contributed by atoms with E-state index in [1.807, 2.05) is 0 Å². The van der Waals surface area contributed by atoms with E-state index in [0.717, 1.165) is 17.1 Å². The lowest BCUT2D eigenvalue weighted by Gasteiger charge is -2.63. The number of aliphatic hydroxyl groups is 4. The molecule has 2 heterocycles. The summed E-state index contributed by atoms with van der Waals surface area (Å²) in [5, 5.41) is 54.8. The molecule has 5 fully saturated rings. The Hall–Kier alpha value is -5.30. The molecule has 3 saturated carbocycles. The molecule has 6 aliphatic rings. The predicted molar refractivity (Wildman–Crippen MR) is 234 cm³/mol. The number of carboxylic acids is 1. The van der Waals surface area contributed by atoms with Gasteiger partial charge in [-0.25, -0.2) is 22.8 Å². The maximum atomic E-state index is 18.0. The van der Waals surface area contributed by atoms with E-state index in [4.69, 9.17) is 34.2 Å². The number of hydrogen-bond acceptors (Lipinski definition) is 16. The third-order valence-electron chi connectivity index (χ3n) is 15.1. The quantitative estimate of drug-likeness (QED) is 0.126. The van der Waals surface area contributed by atoms with E-state index >= 15 is 8.78 Å². The van der Waals surface area contributed by atoms with Crippen molar-refractivity contribution in [3.63, 3.8) is 0 Å². The molecule has 2 aromatic carbocycles. The summed E-state index contributed by atoms with van der Waals surface area (Å²) in [5.74, 6) is -6.13. The van der Waals surface area contributed by atoms with Gasteiger partial charge in [0.1, 0.15) is 56.0 Å². The van der Waals surface area contributed by atoms with Crippen LogP contribution in [-0.4, -0.2) is 147 Å². The van der Waals surface area contributed by atoms with Crippen molar-refractivity contribution in [2.45, 2.75) is 120 Å². The second-order valence-electron chi connectivity index (χ2n) is 19.0. The monoisotopic (exact) mass is 987 g/mol. The normalized spacial score (nSPS) is 37.3. The van der Waals surface area contributed by atoms with Crippen LogP contribution in [0.3, 0.4) is 0 Å². The van der Waals surface area contributed by atoms with Gasteiger partial charge in [-0.15, -0.1) is 0 Å². The predicted octanol–water partition coefficient (Wildman–Crippen LogP) is 2.67. The average Bonchev–Trinajstić information content (AvgIpc) is 3.82. The van der Waals surface area contributed by atoms with Crippen LogP contribution in [0.2, 0.25) is 0 Å². The van der Waals surface area contributed by atoms with Crippen molar-refractivity contribution in [1.29, 1.82) is 0 Å². The van der Waals surface area contributed by atoms with Crippen molar-refractivity contribution >= 4 is 35.2 Å². The number of aliphatic hydroxyl groups excluding tert-OH is 4. The molecule has 70 heavy (non-hydrogen) atoms. The summed E-state index contributed by atoms with van der Waals surface area (Å²) in [4.78, 5) is 66.0. The van der Waals surface area contributed by atoms with Crippen LogP contribution in [0.4, 0.5) is 23.7 Å². The van der Waals surface area contributed by atoms with E-state index in [2.05, 4.69) is 5.32 Å². The maximum Gasteiger partial charge on any atom is 0.411 e. The Labute approximate surface area is 399 Å². The number of halogens is 3. The number of rotatable bonds is 15. The van der Waals surface area contributed by atoms with E-state index in [-0.39, 0.29) is 54.9 Å². The first-order valence-electron chi connectivity index (χ1n) is 22.9. The lowest BCUT2D eigenvalue weighted by atomic mass is 9.44. The Morgan fingerprint density at radius 3 is 2.46 bits per heavy atom. The number of nitrogens with one attached hydrogen (secondary N) is 1. The number of ketones is 2. The molecule has 2 saturated heterocycles. The molecule has 0 spiro atoms. The topological polar surface area (TPSA) is 283 Å². The molecule has 0 unspecified atom stereocenters. The summed E-state index contributed by atoms with van der Waals surface area (Å²) in [5.41, 5.74) is -1.54. The highest BCUT2D eigenvalue weighted by Gasteiger charge is 2.80. The maximum absolute atomic E-state index is 18.0. The third-order valence-corrected chi connectivity index (χ3v) is 15.1. The number of ether oxygens (including phenoxy) is 6. The molecule has 8 rings (SSSR count). The minimum Gasteiger partial charge on any atom is -0.479 e. The number of carboxylic acid groups (broad SMARTS) is 1. The molecular weight excluding hydrogens is 932 g/mol. The van der Waals surface area contributed by atoms with Crippen LogP contribution in [0.15, 0.2) is 66.3 Å². The van der Waals surface area contributed by atoms with Gasteiger partial charge in [0.05, 0.1) is 17.9 Å². The van der Waals surface area contributed by atoms with Gasteiger partial charge in [0.25, 0.3) is 0 Å². The summed E-state index contributed by atoms with van der Waals surface area (Å²) in [6, 6.07) is 9.44. The molecule has 2 aliphatic heterocycles. The zero-order valence-electron chi connectivity index (χ0n) is 38.4. The second kappa shape index (κ2) is 19.4. The number of benzene rings is 2. The van der Waals surface area contributed by atoms with Gasteiger partial charge in [0.15, 0.2) is 35.2 Å². The second-order valence-corrected chi connectivity index (χ2v) is 19.0. The molecule has 0 bridgehead atoms. The van der Waals surface area contributed by atoms with Crippen molar-refractivity contribution in [2.24, 2.45) is 28.4 Å². The standard InChI is InChI=1S/C48H56F3N3O16/c1-4-54(44(64)66-20-23-8-9-32(31(14-23)53-36(58)11-13-52)67-43-39(61)37(59)38(60)40(69-43)41(62)63)22-65-21-34(57)48-35(68-42(70-48)24-6-5-7-25(49)15-24)18-27-28-17-30(50)29-16-26(55)10-12-45(29,2)47(28,51)33(56)19-46(27,48)3/h5-10,12,14-16,27-28,30,33,35,37-40,42-43,56,59-61H,4,11,13,17-22,52H2,1-3H3,(H,53,58)(H,62,63)/t27-,28-,30-,33-,35+,37-,38-,39+,40-,42+,43+,45-,46-,47-,48+/m0/s1. The lowest BCUT2D eigenvalue weighted by Crippen LogP contribution is -2.70. The number of carbonyl (C=O) groups is 5. The van der Waals surface area contributed by atoms with Crippen molar-refractivity contribution in [3.05, 3.63) is 83.2 Å². The number of amides is 2. The fourth-order valence-electron chi connectivity index (χ4n) is 11.6. The van der Waals surface area contributed by atoms with Crippen LogP contribution < -0.4 is 15.8 Å². The van der Waals surface area contributed by atoms with Crippen molar-refractivity contribution in [3.8, 4) is 5.75 Å². The van der Waals surface area contributed by atoms with Gasteiger partial charge < -0.3 is 65.0 Å². The molecule has 4 aliphatic carbocycles. The molecule has 0 aromatic heterocycles. The van der Waals surface area contributed by atoms with E-state index in [0.29, 0.717) is 5.56 Å². The fourth-order valence-corrected chi connectivity index (χ4v) is 11.6. The van der Waals surface area contributed by atoms with Crippen molar-refractivity contribution < 1.29 is 91.1 Å². The van der Waals surface area contributed by atoms with Gasteiger partial charge in [0, 0.05) is 41.8 Å². The third kappa shape index (κ3) is 8.49. The summed E-state index contributed by atoms with van der Waals surface area (Å²) in [6.45, 7) is 3.13. The van der Waals surface area contributed by atoms with Gasteiger partial charge in [-0.3, -0.25) is 19.3 Å². The number of carbonyl (C=O) groups excluding carboxylic acids is 4. The molecule has 2 amide bonds. The molecule has 2 aromatic rings. The first-order chi connectivity index (χ1) is 33.1. The van der Waals surface area contributed by atoms with E-state index in [9.17, 15) is 53.9 Å². The van der Waals surface area contributed by atoms with Crippen LogP contribution in [0, 0.1) is 28.5 Å². The summed E-state index contributed by atoms with van der Waals surface area (Å²) >= 11 is 0. The van der Waals surface area contributed by atoms with Gasteiger partial charge >= 0.3 is 12.1 Å². The van der Waals surface area contributed by atoms with Crippen LogP contribution in [-0.2, 0) is 49.5 Å². The smallest absolute Gasteiger partial charge is 0.411 e. The zero-order chi connectivity index (χ0) is 50.7. The average molecular weight is 988 g/mol. The van der Waals surface area contributed by atoms with Gasteiger partial charge in [-0.05, 0) is 86.6 Å². The molecule has 19 nitrogen and oxygen atoms in total. The van der Waals surface area contributed by atoms with Crippen LogP contribution in [0.25, 0.3) is 0 Å². The summed E-state index contributed by atoms with van der Waals surface area (Å²) < 4.78 is 84.0. The number of alkyl halides is 2. The number of nitrogens with two attached hydrogens (primary N) is 1. The molecular formula is C48H56F3N3O16. The van der Waals surface area contributed by atoms with Crippen molar-refractivity contribution in [2.75, 3.05) is 31.7 Å². The Morgan fingerprint density at radius 2 is 1.76 bits per heavy atom. The molecule has 380 valence electrons. The van der Waals surface area contributed by atoms with E-state index in [1.165, 1.54) is 49.4 Å². The van der Waals surface area contributed by atoms with Crippen LogP contribution in [0.1, 0.15) is 63.9 Å². The zero-order valence-corrected chi connectivity index (χ0v) is 38.4. The first kappa shape index (κ1) is 51.1. The van der Waals surface area contributed by atoms with Crippen LogP contribution >= 0.6 is 0 Å². The Kier molecular flexibility index (Phi) is 14.1. The first-order valence-corrected chi connectivity index (χ1v) is 22.9. The van der Waals surface area contributed by atoms with E-state index < -0.39 is 151 Å². The SMILES string of the molecule is CCN(COCC(=O)[C@@]12O[C@H](c3cccc(F)c3)O[C@@H]1C[C@H]1[C@@H]3C[C@H](F)C4=CC(=O)C=C[C@]4(C)[C@@]3(F)[C@@H](O)C[C@@]12C)C(=O)OCc1ccc(O[C@@H]2O[C@H](C(=O)O)[C@@H](O)[C@H](O)[C@H]2O)c(NC(=O)CCN)c1. The van der Waals surface area contributed by atoms with Crippen molar-refractivity contribution in [1.82, 2.24) is 4.90 Å². The minimum atomic E-state index is -2.46. The molecule has 15 atom stereocenters. The Bertz CT molecular complexity index is 2460. The molecule has 22 heteroatoms. The molecule has 0 radical (unpaired) electrons. The van der Waals surface area contributed by atoms with Gasteiger partial charge in [0.2, 0.25) is 12.2 Å². The number of nitrogens with zero attached hydrogens (tertiary/aromatic N) is 1. The summed E-state index contributed by atoms with van der Waals surface area (Å²) in [7, 11) is 0.